The Morgan fingerprint density at radius 2 is 1.76 bits per heavy atom. The lowest BCUT2D eigenvalue weighted by molar-refractivity contribution is -0.0884. The molecule has 0 aromatic heterocycles. The second-order valence-electron chi connectivity index (χ2n) is 5.14. The third-order valence-corrected chi connectivity index (χ3v) is 2.35. The third kappa shape index (κ3) is 5.26. The van der Waals surface area contributed by atoms with Gasteiger partial charge in [-0.25, -0.2) is 4.79 Å². The number of benzene rings is 1. The number of carbonyl (C=O) groups excluding carboxylic acids is 2. The highest BCUT2D eigenvalue weighted by atomic mass is 35.5. The lowest BCUT2D eigenvalue weighted by Gasteiger charge is -2.20. The van der Waals surface area contributed by atoms with E-state index in [0.717, 1.165) is 12.1 Å². The van der Waals surface area contributed by atoms with E-state index < -0.39 is 29.2 Å². The fourth-order valence-electron chi connectivity index (χ4n) is 1.38. The fourth-order valence-corrected chi connectivity index (χ4v) is 1.55. The van der Waals surface area contributed by atoms with Crippen molar-refractivity contribution in [3.8, 4) is 0 Å². The molecule has 4 nitrogen and oxygen atoms in total. The highest BCUT2D eigenvalue weighted by molar-refractivity contribution is 6.31. The standard InChI is InChI=1S/C13H13ClF3NO3/c1-12(2,3)21-11(20)18-9-5-4-7(14)6-8(9)10(19)13(15,16)17/h4-6H,1-3H3,(H,18,20)/i4+1,5+1,6+1,7+1,8+1,9+1. The van der Waals surface area contributed by atoms with E-state index in [9.17, 15) is 22.8 Å². The summed E-state index contributed by atoms with van der Waals surface area (Å²) in [4.78, 5) is 22.9. The number of nitrogens with one attached hydrogen (secondary N) is 1. The Kier molecular flexibility index (Phi) is 4.88. The molecule has 0 aliphatic rings. The van der Waals surface area contributed by atoms with Crippen LogP contribution < -0.4 is 5.32 Å². The van der Waals surface area contributed by atoms with Gasteiger partial charge in [0.1, 0.15) is 5.60 Å². The van der Waals surface area contributed by atoms with Gasteiger partial charge in [-0.1, -0.05) is 11.6 Å². The number of ketones is 1. The summed E-state index contributed by atoms with van der Waals surface area (Å²) in [6.07, 6.45) is -6.05. The van der Waals surface area contributed by atoms with Gasteiger partial charge < -0.3 is 4.74 Å². The Morgan fingerprint density at radius 1 is 1.19 bits per heavy atom. The Morgan fingerprint density at radius 3 is 2.24 bits per heavy atom. The number of anilines is 1. The zero-order chi connectivity index (χ0) is 16.4. The average molecular weight is 330 g/mol. The molecule has 116 valence electrons. The molecule has 0 atom stereocenters. The van der Waals surface area contributed by atoms with Gasteiger partial charge in [0, 0.05) is 5.02 Å². The SMILES string of the molecule is CC(C)(C)OC(=O)N[13c]1[13cH][13cH][13c](Cl)[13cH][13c]1C(=O)C(F)(F)F. The van der Waals surface area contributed by atoms with Crippen LogP contribution in [0, 0.1) is 0 Å². The Labute approximate surface area is 124 Å². The van der Waals surface area contributed by atoms with E-state index in [1.165, 1.54) is 6.07 Å². The van der Waals surface area contributed by atoms with Crippen LogP contribution >= 0.6 is 11.6 Å². The molecule has 0 saturated carbocycles. The summed E-state index contributed by atoms with van der Waals surface area (Å²) in [5.41, 5.74) is -1.90. The van der Waals surface area contributed by atoms with Crippen LogP contribution in [0.25, 0.3) is 0 Å². The van der Waals surface area contributed by atoms with Crippen molar-refractivity contribution in [3.63, 3.8) is 0 Å². The molecular formula is C13H13ClF3NO3. The quantitative estimate of drug-likeness (QED) is 0.816. The zero-order valence-corrected chi connectivity index (χ0v) is 12.2. The lowest BCUT2D eigenvalue weighted by Crippen LogP contribution is -2.29. The molecule has 1 aromatic carbocycles. The van der Waals surface area contributed by atoms with Crippen LogP contribution in [0.5, 0.6) is 0 Å². The van der Waals surface area contributed by atoms with Gasteiger partial charge >= 0.3 is 12.3 Å². The molecule has 0 heterocycles. The van der Waals surface area contributed by atoms with E-state index in [4.69, 9.17) is 16.3 Å². The number of hydrogen-bond acceptors (Lipinski definition) is 3. The van der Waals surface area contributed by atoms with Crippen LogP contribution in [0.4, 0.5) is 23.7 Å². The van der Waals surface area contributed by atoms with E-state index in [-0.39, 0.29) is 10.7 Å². The smallest absolute Gasteiger partial charge is 0.444 e. The van der Waals surface area contributed by atoms with Gasteiger partial charge in [-0.05, 0) is 39.0 Å². The summed E-state index contributed by atoms with van der Waals surface area (Å²) in [6, 6.07) is 3.19. The summed E-state index contributed by atoms with van der Waals surface area (Å²) >= 11 is 5.59. The molecule has 1 aromatic rings. The van der Waals surface area contributed by atoms with Crippen LogP contribution in [-0.2, 0) is 4.74 Å². The maximum Gasteiger partial charge on any atom is 0.454 e. The van der Waals surface area contributed by atoms with Crippen LogP contribution in [-0.4, -0.2) is 23.7 Å². The first-order valence-electron chi connectivity index (χ1n) is 5.81. The molecule has 0 aliphatic carbocycles. The Hall–Kier alpha value is -1.76. The van der Waals surface area contributed by atoms with E-state index in [2.05, 4.69) is 5.32 Å². The number of alkyl halides is 3. The van der Waals surface area contributed by atoms with Crippen LogP contribution in [0.3, 0.4) is 0 Å². The molecular weight excluding hydrogens is 317 g/mol. The molecule has 0 bridgehead atoms. The van der Waals surface area contributed by atoms with Gasteiger partial charge in [0.2, 0.25) is 0 Å². The number of halogens is 4. The van der Waals surface area contributed by atoms with Crippen LogP contribution in [0.1, 0.15) is 31.1 Å². The second-order valence-corrected chi connectivity index (χ2v) is 5.58. The molecule has 0 saturated heterocycles. The van der Waals surface area contributed by atoms with E-state index in [0.29, 0.717) is 0 Å². The number of hydrogen-bond donors (Lipinski definition) is 1. The van der Waals surface area contributed by atoms with Crippen molar-refractivity contribution >= 4 is 29.2 Å². The van der Waals surface area contributed by atoms with Gasteiger partial charge in [0.05, 0.1) is 11.3 Å². The molecule has 0 aliphatic heterocycles. The molecule has 1 N–H and O–H groups in total. The van der Waals surface area contributed by atoms with Crippen LogP contribution in [0.15, 0.2) is 18.2 Å². The van der Waals surface area contributed by atoms with Crippen molar-refractivity contribution < 1.29 is 27.5 Å². The van der Waals surface area contributed by atoms with Gasteiger partial charge in [-0.3, -0.25) is 10.1 Å². The normalized spacial score (nSPS) is 12.0. The first kappa shape index (κ1) is 17.3. The predicted molar refractivity (Wildman–Crippen MR) is 71.7 cm³/mol. The fraction of sp³-hybridized carbons (Fsp3) is 0.385. The van der Waals surface area contributed by atoms with Crippen molar-refractivity contribution in [3.05, 3.63) is 28.8 Å². The zero-order valence-electron chi connectivity index (χ0n) is 11.5. The molecule has 0 spiro atoms. The lowest BCUT2D eigenvalue weighted by atomic mass is 10.2. The Bertz CT molecular complexity index is 565. The van der Waals surface area contributed by atoms with Gasteiger partial charge in [-0.15, -0.1) is 0 Å². The third-order valence-electron chi connectivity index (χ3n) is 2.12. The Balaban J connectivity index is 3.09. The first-order chi connectivity index (χ1) is 9.40. The summed E-state index contributed by atoms with van der Waals surface area (Å²) in [5.74, 6) is -2.10. The maximum absolute atomic E-state index is 12.5. The summed E-state index contributed by atoms with van der Waals surface area (Å²) < 4.78 is 42.5. The van der Waals surface area contributed by atoms with Gasteiger partial charge in [0.25, 0.3) is 5.78 Å². The minimum absolute atomic E-state index is 0.0580. The number of Topliss-reactive ketones (excluding diaryl/α,β-unsaturated/α-hetero) is 1. The van der Waals surface area contributed by atoms with Crippen molar-refractivity contribution in [2.24, 2.45) is 0 Å². The molecule has 0 unspecified atom stereocenters. The average Bonchev–Trinajstić information content (AvgIpc) is 2.26. The van der Waals surface area contributed by atoms with E-state index in [1.807, 2.05) is 0 Å². The number of amides is 1. The maximum atomic E-state index is 12.5. The minimum atomic E-state index is -5.07. The minimum Gasteiger partial charge on any atom is -0.444 e. The molecule has 0 fully saturated rings. The van der Waals surface area contributed by atoms with Crippen molar-refractivity contribution in [2.45, 2.75) is 32.5 Å². The summed E-state index contributed by atoms with van der Waals surface area (Å²) in [7, 11) is 0. The van der Waals surface area contributed by atoms with Crippen molar-refractivity contribution in [1.82, 2.24) is 0 Å². The van der Waals surface area contributed by atoms with Crippen molar-refractivity contribution in [2.75, 3.05) is 5.32 Å². The molecule has 1 rings (SSSR count). The largest absolute Gasteiger partial charge is 0.454 e. The van der Waals surface area contributed by atoms with E-state index in [1.54, 1.807) is 20.8 Å². The number of carbonyl (C=O) groups is 2. The highest BCUT2D eigenvalue weighted by Gasteiger charge is 2.40. The second kappa shape index (κ2) is 5.93. The summed E-state index contributed by atoms with van der Waals surface area (Å²) in [5, 5.41) is 2.05. The number of rotatable bonds is 2. The first-order valence-corrected chi connectivity index (χ1v) is 6.19. The summed E-state index contributed by atoms with van der Waals surface area (Å²) in [6.45, 7) is 4.78. The monoisotopic (exact) mass is 329 g/mol. The molecule has 0 radical (unpaired) electrons. The van der Waals surface area contributed by atoms with Gasteiger partial charge in [-0.2, -0.15) is 13.2 Å². The topological polar surface area (TPSA) is 55.4 Å². The predicted octanol–water partition coefficient (Wildman–Crippen LogP) is 4.43. The van der Waals surface area contributed by atoms with Gasteiger partial charge in [0.15, 0.2) is 0 Å². The molecule has 21 heavy (non-hydrogen) atoms. The van der Waals surface area contributed by atoms with E-state index >= 15 is 0 Å². The van der Waals surface area contributed by atoms with Crippen molar-refractivity contribution in [1.29, 1.82) is 0 Å². The molecule has 8 heteroatoms. The highest BCUT2D eigenvalue weighted by Crippen LogP contribution is 2.29. The molecule has 1 amide bonds. The van der Waals surface area contributed by atoms with Crippen LogP contribution in [0.2, 0.25) is 5.02 Å². The number of ether oxygens (including phenoxy) is 1.